The van der Waals surface area contributed by atoms with Crippen molar-refractivity contribution in [2.75, 3.05) is 20.1 Å². The maximum absolute atomic E-state index is 10.8. The summed E-state index contributed by atoms with van der Waals surface area (Å²) in [6.45, 7) is 6.64. The summed E-state index contributed by atoms with van der Waals surface area (Å²) in [6, 6.07) is 2.25. The molecule has 0 aromatic carbocycles. The van der Waals surface area contributed by atoms with E-state index in [-0.39, 0.29) is 5.76 Å². The van der Waals surface area contributed by atoms with Gasteiger partial charge in [0.05, 0.1) is 6.26 Å². The highest BCUT2D eigenvalue weighted by Gasteiger charge is 2.13. The Morgan fingerprint density at radius 1 is 1.61 bits per heavy atom. The van der Waals surface area contributed by atoms with Crippen LogP contribution in [0.25, 0.3) is 0 Å². The Bertz CT molecular complexity index is 376. The SMILES string of the molecule is CCC(C)N(C)CCNCc1ccoc1C(=O)O. The Morgan fingerprint density at radius 2 is 2.33 bits per heavy atom. The number of hydrogen-bond donors (Lipinski definition) is 2. The summed E-state index contributed by atoms with van der Waals surface area (Å²) in [4.78, 5) is 13.1. The van der Waals surface area contributed by atoms with Gasteiger partial charge in [-0.15, -0.1) is 0 Å². The number of carbonyl (C=O) groups is 1. The van der Waals surface area contributed by atoms with Gasteiger partial charge in [-0.25, -0.2) is 4.79 Å². The lowest BCUT2D eigenvalue weighted by molar-refractivity contribution is 0.0660. The van der Waals surface area contributed by atoms with Crippen molar-refractivity contribution in [2.45, 2.75) is 32.9 Å². The van der Waals surface area contributed by atoms with Crippen molar-refractivity contribution in [1.29, 1.82) is 0 Å². The molecule has 102 valence electrons. The Morgan fingerprint density at radius 3 is 2.94 bits per heavy atom. The first-order valence-corrected chi connectivity index (χ1v) is 6.26. The van der Waals surface area contributed by atoms with Gasteiger partial charge >= 0.3 is 5.97 Å². The summed E-state index contributed by atoms with van der Waals surface area (Å²) in [6.07, 6.45) is 2.53. The predicted octanol–water partition coefficient (Wildman–Crippen LogP) is 1.80. The third kappa shape index (κ3) is 4.16. The van der Waals surface area contributed by atoms with Crippen LogP contribution in [0.4, 0.5) is 0 Å². The molecule has 0 spiro atoms. The molecule has 0 aliphatic carbocycles. The van der Waals surface area contributed by atoms with Crippen LogP contribution in [0.15, 0.2) is 16.7 Å². The molecule has 1 unspecified atom stereocenters. The van der Waals surface area contributed by atoms with Crippen LogP contribution < -0.4 is 5.32 Å². The van der Waals surface area contributed by atoms with Gasteiger partial charge in [0, 0.05) is 31.2 Å². The zero-order chi connectivity index (χ0) is 13.5. The van der Waals surface area contributed by atoms with E-state index in [0.717, 1.165) is 19.5 Å². The maximum atomic E-state index is 10.8. The Balaban J connectivity index is 2.30. The largest absolute Gasteiger partial charge is 0.475 e. The fourth-order valence-electron chi connectivity index (χ4n) is 1.67. The zero-order valence-electron chi connectivity index (χ0n) is 11.3. The highest BCUT2D eigenvalue weighted by Crippen LogP contribution is 2.09. The van der Waals surface area contributed by atoms with Crippen molar-refractivity contribution in [3.63, 3.8) is 0 Å². The van der Waals surface area contributed by atoms with Crippen LogP contribution in [-0.2, 0) is 6.54 Å². The average molecular weight is 254 g/mol. The standard InChI is InChI=1S/C13H22N2O3/c1-4-10(2)15(3)7-6-14-9-11-5-8-18-12(11)13(16)17/h5,8,10,14H,4,6-7,9H2,1-3H3,(H,16,17). The molecule has 1 atom stereocenters. The monoisotopic (exact) mass is 254 g/mol. The number of carboxylic acid groups (broad SMARTS) is 1. The van der Waals surface area contributed by atoms with Gasteiger partial charge in [0.2, 0.25) is 5.76 Å². The van der Waals surface area contributed by atoms with E-state index in [1.807, 2.05) is 0 Å². The van der Waals surface area contributed by atoms with Crippen molar-refractivity contribution in [3.05, 3.63) is 23.7 Å². The van der Waals surface area contributed by atoms with Crippen LogP contribution in [0.1, 0.15) is 36.4 Å². The normalized spacial score (nSPS) is 12.9. The molecule has 0 aliphatic rings. The molecule has 5 heteroatoms. The summed E-state index contributed by atoms with van der Waals surface area (Å²) in [7, 11) is 2.09. The van der Waals surface area contributed by atoms with Gasteiger partial charge in [-0.1, -0.05) is 6.92 Å². The number of nitrogens with one attached hydrogen (secondary N) is 1. The molecule has 0 radical (unpaired) electrons. The number of hydrogen-bond acceptors (Lipinski definition) is 4. The first-order valence-electron chi connectivity index (χ1n) is 6.26. The minimum atomic E-state index is -1.02. The molecule has 0 saturated heterocycles. The van der Waals surface area contributed by atoms with Crippen molar-refractivity contribution in [1.82, 2.24) is 10.2 Å². The molecular weight excluding hydrogens is 232 g/mol. The summed E-state index contributed by atoms with van der Waals surface area (Å²) >= 11 is 0. The zero-order valence-corrected chi connectivity index (χ0v) is 11.3. The minimum Gasteiger partial charge on any atom is -0.475 e. The molecule has 18 heavy (non-hydrogen) atoms. The van der Waals surface area contributed by atoms with Crippen LogP contribution in [0, 0.1) is 0 Å². The van der Waals surface area contributed by atoms with Crippen LogP contribution in [-0.4, -0.2) is 42.2 Å². The molecule has 0 fully saturated rings. The average Bonchev–Trinajstić information content (AvgIpc) is 2.81. The lowest BCUT2D eigenvalue weighted by atomic mass is 10.2. The van der Waals surface area contributed by atoms with Gasteiger partial charge in [0.1, 0.15) is 0 Å². The number of carboxylic acids is 1. The first-order chi connectivity index (χ1) is 8.56. The lowest BCUT2D eigenvalue weighted by Crippen LogP contribution is -2.34. The van der Waals surface area contributed by atoms with Crippen LogP contribution in [0.5, 0.6) is 0 Å². The topological polar surface area (TPSA) is 65.7 Å². The fraction of sp³-hybridized carbons (Fsp3) is 0.615. The number of furan rings is 1. The lowest BCUT2D eigenvalue weighted by Gasteiger charge is -2.23. The fourth-order valence-corrected chi connectivity index (χ4v) is 1.67. The van der Waals surface area contributed by atoms with E-state index in [9.17, 15) is 4.79 Å². The van der Waals surface area contributed by atoms with Crippen molar-refractivity contribution < 1.29 is 14.3 Å². The summed E-state index contributed by atoms with van der Waals surface area (Å²) < 4.78 is 4.91. The molecule has 0 bridgehead atoms. The Hall–Kier alpha value is -1.33. The van der Waals surface area contributed by atoms with Gasteiger partial charge in [0.15, 0.2) is 0 Å². The number of likely N-dealkylation sites (N-methyl/N-ethyl adjacent to an activating group) is 1. The third-order valence-corrected chi connectivity index (χ3v) is 3.24. The molecule has 1 heterocycles. The van der Waals surface area contributed by atoms with E-state index < -0.39 is 5.97 Å². The van der Waals surface area contributed by atoms with E-state index in [4.69, 9.17) is 9.52 Å². The van der Waals surface area contributed by atoms with Crippen LogP contribution in [0.2, 0.25) is 0 Å². The van der Waals surface area contributed by atoms with Gasteiger partial charge < -0.3 is 19.7 Å². The van der Waals surface area contributed by atoms with Gasteiger partial charge in [-0.05, 0) is 26.5 Å². The Kier molecular flexibility index (Phi) is 5.88. The summed E-state index contributed by atoms with van der Waals surface area (Å²) in [5, 5.41) is 12.1. The maximum Gasteiger partial charge on any atom is 0.372 e. The van der Waals surface area contributed by atoms with E-state index in [0.29, 0.717) is 18.2 Å². The second-order valence-corrected chi connectivity index (χ2v) is 4.49. The van der Waals surface area contributed by atoms with Crippen LogP contribution in [0.3, 0.4) is 0 Å². The molecule has 5 nitrogen and oxygen atoms in total. The molecule has 1 aromatic heterocycles. The first kappa shape index (κ1) is 14.7. The van der Waals surface area contributed by atoms with Crippen molar-refractivity contribution >= 4 is 5.97 Å². The molecular formula is C13H22N2O3. The van der Waals surface area contributed by atoms with Gasteiger partial charge in [-0.2, -0.15) is 0 Å². The van der Waals surface area contributed by atoms with E-state index in [1.165, 1.54) is 6.26 Å². The van der Waals surface area contributed by atoms with Crippen molar-refractivity contribution in [3.8, 4) is 0 Å². The molecule has 0 saturated carbocycles. The molecule has 0 amide bonds. The summed E-state index contributed by atoms with van der Waals surface area (Å²) in [5.74, 6) is -0.994. The Labute approximate surface area is 108 Å². The van der Waals surface area contributed by atoms with E-state index >= 15 is 0 Å². The molecule has 2 N–H and O–H groups in total. The predicted molar refractivity (Wildman–Crippen MR) is 69.8 cm³/mol. The molecule has 1 aromatic rings. The number of aromatic carboxylic acids is 1. The minimum absolute atomic E-state index is 0.0257. The van der Waals surface area contributed by atoms with E-state index in [2.05, 4.69) is 31.1 Å². The smallest absolute Gasteiger partial charge is 0.372 e. The second kappa shape index (κ2) is 7.18. The highest BCUT2D eigenvalue weighted by atomic mass is 16.4. The quantitative estimate of drug-likeness (QED) is 0.692. The van der Waals surface area contributed by atoms with Crippen LogP contribution >= 0.6 is 0 Å². The summed E-state index contributed by atoms with van der Waals surface area (Å²) in [5.41, 5.74) is 0.689. The van der Waals surface area contributed by atoms with Crippen molar-refractivity contribution in [2.24, 2.45) is 0 Å². The second-order valence-electron chi connectivity index (χ2n) is 4.49. The number of rotatable bonds is 8. The molecule has 0 aliphatic heterocycles. The third-order valence-electron chi connectivity index (χ3n) is 3.24. The number of nitrogens with zero attached hydrogens (tertiary/aromatic N) is 1. The van der Waals surface area contributed by atoms with E-state index in [1.54, 1.807) is 6.07 Å². The van der Waals surface area contributed by atoms with Gasteiger partial charge in [0.25, 0.3) is 0 Å². The molecule has 1 rings (SSSR count). The van der Waals surface area contributed by atoms with Gasteiger partial charge in [-0.3, -0.25) is 0 Å². The highest BCUT2D eigenvalue weighted by molar-refractivity contribution is 5.86.